The van der Waals surface area contributed by atoms with E-state index in [0.29, 0.717) is 11.4 Å². The Morgan fingerprint density at radius 1 is 1.40 bits per heavy atom. The zero-order valence-electron chi connectivity index (χ0n) is 8.11. The Balaban J connectivity index is 1.87. The minimum absolute atomic E-state index is 0.351. The summed E-state index contributed by atoms with van der Waals surface area (Å²) in [5.74, 6) is 1.00. The van der Waals surface area contributed by atoms with Gasteiger partial charge in [0.25, 0.3) is 0 Å². The van der Waals surface area contributed by atoms with Crippen molar-refractivity contribution >= 4 is 38.8 Å². The predicted molar refractivity (Wildman–Crippen MR) is 65.9 cm³/mol. The zero-order valence-corrected chi connectivity index (χ0v) is 9.68. The molecule has 2 nitrogen and oxygen atoms in total. The summed E-state index contributed by atoms with van der Waals surface area (Å²) in [5, 5.41) is 7.12. The first-order chi connectivity index (χ1) is 7.33. The lowest BCUT2D eigenvalue weighted by Crippen LogP contribution is -2.36. The van der Waals surface area contributed by atoms with Crippen LogP contribution in [0.3, 0.4) is 0 Å². The monoisotopic (exact) mass is 238 g/mol. The maximum atomic E-state index is 5.95. The maximum absolute atomic E-state index is 5.95. The van der Waals surface area contributed by atoms with Gasteiger partial charge in [-0.1, -0.05) is 0 Å². The van der Waals surface area contributed by atoms with Crippen molar-refractivity contribution in [2.24, 2.45) is 0 Å². The lowest BCUT2D eigenvalue weighted by molar-refractivity contribution is 0.454. The predicted octanol–water partition coefficient (Wildman–Crippen LogP) is 3.48. The Kier molecular flexibility index (Phi) is 2.29. The summed E-state index contributed by atoms with van der Waals surface area (Å²) in [5.41, 5.74) is 0. The fourth-order valence-corrected chi connectivity index (χ4v) is 3.08. The molecule has 0 unspecified atom stereocenters. The number of alkyl halides is 1. The molecule has 78 valence electrons. The van der Waals surface area contributed by atoms with Crippen molar-refractivity contribution in [3.8, 4) is 0 Å². The van der Waals surface area contributed by atoms with E-state index < -0.39 is 0 Å². The Bertz CT molecular complexity index is 476. The quantitative estimate of drug-likeness (QED) is 0.811. The Labute approximate surface area is 97.3 Å². The third-order valence-electron chi connectivity index (χ3n) is 2.80. The number of hydrogen-bond acceptors (Lipinski definition) is 3. The van der Waals surface area contributed by atoms with Gasteiger partial charge in [-0.05, 0) is 30.4 Å². The van der Waals surface area contributed by atoms with Gasteiger partial charge in [-0.3, -0.25) is 0 Å². The van der Waals surface area contributed by atoms with Gasteiger partial charge in [0.15, 0.2) is 0 Å². The lowest BCUT2D eigenvalue weighted by atomic mass is 9.92. The average molecular weight is 239 g/mol. The third-order valence-corrected chi connectivity index (χ3v) is 4.04. The molecule has 2 aromatic heterocycles. The van der Waals surface area contributed by atoms with Crippen molar-refractivity contribution < 1.29 is 0 Å². The van der Waals surface area contributed by atoms with Crippen LogP contribution in [0, 0.1) is 0 Å². The van der Waals surface area contributed by atoms with Crippen molar-refractivity contribution in [2.75, 3.05) is 5.32 Å². The fourth-order valence-electron chi connectivity index (χ4n) is 1.87. The molecule has 1 fully saturated rings. The van der Waals surface area contributed by atoms with Gasteiger partial charge >= 0.3 is 0 Å². The van der Waals surface area contributed by atoms with E-state index in [1.54, 1.807) is 11.3 Å². The molecule has 0 saturated heterocycles. The van der Waals surface area contributed by atoms with E-state index in [9.17, 15) is 0 Å². The van der Waals surface area contributed by atoms with Crippen molar-refractivity contribution in [3.05, 3.63) is 23.7 Å². The van der Waals surface area contributed by atoms with Gasteiger partial charge in [-0.15, -0.1) is 22.9 Å². The number of rotatable bonds is 2. The van der Waals surface area contributed by atoms with Crippen molar-refractivity contribution in [2.45, 2.75) is 24.3 Å². The molecule has 2 heterocycles. The number of nitrogens with zero attached hydrogens (tertiary/aromatic N) is 1. The van der Waals surface area contributed by atoms with Crippen LogP contribution in [0.2, 0.25) is 0 Å². The summed E-state index contributed by atoms with van der Waals surface area (Å²) in [6.45, 7) is 0. The van der Waals surface area contributed by atoms with Gasteiger partial charge in [-0.25, -0.2) is 4.98 Å². The van der Waals surface area contributed by atoms with Gasteiger partial charge < -0.3 is 5.32 Å². The number of nitrogens with one attached hydrogen (secondary N) is 1. The Hall–Kier alpha value is -0.800. The minimum Gasteiger partial charge on any atom is -0.367 e. The standard InChI is InChI=1S/C11H11ClN2S/c12-7-5-8(6-7)14-11-9-2-4-15-10(9)1-3-13-11/h1-4,7-8H,5-6H2,(H,13,14). The van der Waals surface area contributed by atoms with E-state index in [-0.39, 0.29) is 0 Å². The number of halogens is 1. The summed E-state index contributed by atoms with van der Waals surface area (Å²) < 4.78 is 1.29. The van der Waals surface area contributed by atoms with E-state index in [1.807, 2.05) is 6.20 Å². The summed E-state index contributed by atoms with van der Waals surface area (Å²) in [4.78, 5) is 4.38. The summed E-state index contributed by atoms with van der Waals surface area (Å²) in [6.07, 6.45) is 3.95. The smallest absolute Gasteiger partial charge is 0.134 e. The number of aromatic nitrogens is 1. The number of thiophene rings is 1. The largest absolute Gasteiger partial charge is 0.367 e. The SMILES string of the molecule is ClC1CC(Nc2nccc3sccc23)C1. The number of hydrogen-bond donors (Lipinski definition) is 1. The molecule has 0 spiro atoms. The minimum atomic E-state index is 0.351. The van der Waals surface area contributed by atoms with E-state index in [1.165, 1.54) is 10.1 Å². The topological polar surface area (TPSA) is 24.9 Å². The van der Waals surface area contributed by atoms with Gasteiger partial charge in [-0.2, -0.15) is 0 Å². The molecule has 1 aliphatic rings. The van der Waals surface area contributed by atoms with Crippen LogP contribution >= 0.6 is 22.9 Å². The van der Waals surface area contributed by atoms with Crippen LogP contribution in [0.4, 0.5) is 5.82 Å². The molecular formula is C11H11ClN2S. The fraction of sp³-hybridized carbons (Fsp3) is 0.364. The third kappa shape index (κ3) is 1.70. The highest BCUT2D eigenvalue weighted by atomic mass is 35.5. The van der Waals surface area contributed by atoms with Crippen molar-refractivity contribution in [3.63, 3.8) is 0 Å². The molecule has 0 atom stereocenters. The van der Waals surface area contributed by atoms with E-state index in [0.717, 1.165) is 18.7 Å². The molecule has 3 rings (SSSR count). The highest BCUT2D eigenvalue weighted by Gasteiger charge is 2.27. The first-order valence-corrected chi connectivity index (χ1v) is 6.37. The number of anilines is 1. The summed E-state index contributed by atoms with van der Waals surface area (Å²) in [6, 6.07) is 4.67. The molecule has 0 aromatic carbocycles. The number of pyridine rings is 1. The van der Waals surface area contributed by atoms with Crippen LogP contribution in [-0.2, 0) is 0 Å². The van der Waals surface area contributed by atoms with Crippen LogP contribution in [0.15, 0.2) is 23.7 Å². The molecule has 15 heavy (non-hydrogen) atoms. The van der Waals surface area contributed by atoms with Crippen LogP contribution in [0.5, 0.6) is 0 Å². The molecule has 1 N–H and O–H groups in total. The van der Waals surface area contributed by atoms with Crippen LogP contribution in [0.25, 0.3) is 10.1 Å². The second kappa shape index (κ2) is 3.65. The van der Waals surface area contributed by atoms with E-state index in [2.05, 4.69) is 27.8 Å². The molecule has 0 radical (unpaired) electrons. The molecule has 0 bridgehead atoms. The summed E-state index contributed by atoms with van der Waals surface area (Å²) >= 11 is 7.70. The van der Waals surface area contributed by atoms with Crippen molar-refractivity contribution in [1.82, 2.24) is 4.98 Å². The van der Waals surface area contributed by atoms with Crippen LogP contribution in [-0.4, -0.2) is 16.4 Å². The first-order valence-electron chi connectivity index (χ1n) is 5.06. The first kappa shape index (κ1) is 9.43. The van der Waals surface area contributed by atoms with Gasteiger partial charge in [0.05, 0.1) is 0 Å². The number of fused-ring (bicyclic) bond motifs is 1. The molecule has 1 aliphatic carbocycles. The molecular weight excluding hydrogens is 228 g/mol. The molecule has 0 amide bonds. The van der Waals surface area contributed by atoms with Gasteiger partial charge in [0.2, 0.25) is 0 Å². The highest BCUT2D eigenvalue weighted by molar-refractivity contribution is 7.17. The molecule has 2 aromatic rings. The van der Waals surface area contributed by atoms with Crippen molar-refractivity contribution in [1.29, 1.82) is 0 Å². The normalized spacial score (nSPS) is 25.1. The van der Waals surface area contributed by atoms with Gasteiger partial charge in [0, 0.05) is 27.7 Å². The average Bonchev–Trinajstić information content (AvgIpc) is 2.64. The lowest BCUT2D eigenvalue weighted by Gasteiger charge is -2.32. The van der Waals surface area contributed by atoms with E-state index >= 15 is 0 Å². The Morgan fingerprint density at radius 3 is 3.07 bits per heavy atom. The van der Waals surface area contributed by atoms with Crippen LogP contribution < -0.4 is 5.32 Å². The maximum Gasteiger partial charge on any atom is 0.134 e. The molecule has 0 aliphatic heterocycles. The second-order valence-corrected chi connectivity index (χ2v) is 5.47. The highest BCUT2D eigenvalue weighted by Crippen LogP contribution is 2.31. The Morgan fingerprint density at radius 2 is 2.27 bits per heavy atom. The van der Waals surface area contributed by atoms with Crippen LogP contribution in [0.1, 0.15) is 12.8 Å². The second-order valence-electron chi connectivity index (χ2n) is 3.90. The van der Waals surface area contributed by atoms with E-state index in [4.69, 9.17) is 11.6 Å². The summed E-state index contributed by atoms with van der Waals surface area (Å²) in [7, 11) is 0. The van der Waals surface area contributed by atoms with Gasteiger partial charge in [0.1, 0.15) is 5.82 Å². The molecule has 4 heteroatoms. The zero-order chi connectivity index (χ0) is 10.3. The molecule has 1 saturated carbocycles.